The van der Waals surface area contributed by atoms with Gasteiger partial charge >= 0.3 is 0 Å². The van der Waals surface area contributed by atoms with Gasteiger partial charge in [0.15, 0.2) is 0 Å². The van der Waals surface area contributed by atoms with Gasteiger partial charge in [-0.25, -0.2) is 0 Å². The maximum Gasteiger partial charge on any atom is 0.0568 e. The third-order valence-corrected chi connectivity index (χ3v) is 2.03. The summed E-state index contributed by atoms with van der Waals surface area (Å²) in [5, 5.41) is 1.30. The average molecular weight is 164 g/mol. The number of halogens is 2. The average Bonchev–Trinajstić information content (AvgIpc) is 1.80. The molecule has 0 spiro atoms. The van der Waals surface area contributed by atoms with Crippen molar-refractivity contribution in [3.8, 4) is 0 Å². The highest BCUT2D eigenvalue weighted by Crippen LogP contribution is 2.26. The Labute approximate surface area is 64.1 Å². The normalized spacial score (nSPS) is 20.0. The first-order valence-corrected chi connectivity index (χ1v) is 3.46. The van der Waals surface area contributed by atoms with Gasteiger partial charge in [-0.2, -0.15) is 0 Å². The van der Waals surface area contributed by atoms with Crippen LogP contribution in [-0.2, 0) is 0 Å². The third-order valence-electron chi connectivity index (χ3n) is 1.20. The van der Waals surface area contributed by atoms with Gasteiger partial charge in [-0.1, -0.05) is 23.2 Å². The minimum absolute atomic E-state index is 0.584. The molecule has 0 aromatic carbocycles. The van der Waals surface area contributed by atoms with Gasteiger partial charge in [0.1, 0.15) is 0 Å². The lowest BCUT2D eigenvalue weighted by atomic mass is 10.1. The molecule has 0 unspecified atom stereocenters. The molecular weight excluding hydrogens is 157 g/mol. The largest absolute Gasteiger partial charge is 0.402 e. The highest BCUT2D eigenvalue weighted by atomic mass is 35.5. The quantitative estimate of drug-likeness (QED) is 0.584. The monoisotopic (exact) mass is 163 g/mol. The summed E-state index contributed by atoms with van der Waals surface area (Å²) in [4.78, 5) is 0. The fraction of sp³-hybridized carbons (Fsp3) is 0.333. The van der Waals surface area contributed by atoms with Gasteiger partial charge in [-0.3, -0.25) is 0 Å². The first kappa shape index (κ1) is 6.97. The second-order valence-electron chi connectivity index (χ2n) is 1.97. The molecule has 0 radical (unpaired) electrons. The Morgan fingerprint density at radius 3 is 2.44 bits per heavy atom. The van der Waals surface area contributed by atoms with Crippen LogP contribution < -0.4 is 5.73 Å². The highest BCUT2D eigenvalue weighted by molar-refractivity contribution is 6.40. The van der Waals surface area contributed by atoms with Crippen molar-refractivity contribution in [2.75, 3.05) is 0 Å². The van der Waals surface area contributed by atoms with Crippen LogP contribution in [0.5, 0.6) is 0 Å². The Morgan fingerprint density at radius 2 is 2.00 bits per heavy atom. The van der Waals surface area contributed by atoms with Gasteiger partial charge < -0.3 is 5.73 Å². The Kier molecular flexibility index (Phi) is 2.04. The Morgan fingerprint density at radius 1 is 1.33 bits per heavy atom. The van der Waals surface area contributed by atoms with Gasteiger partial charge in [0.2, 0.25) is 0 Å². The molecule has 0 amide bonds. The van der Waals surface area contributed by atoms with E-state index in [1.165, 1.54) is 0 Å². The molecule has 1 aliphatic rings. The molecule has 0 saturated heterocycles. The molecule has 0 saturated carbocycles. The molecule has 0 aromatic heterocycles. The first-order valence-electron chi connectivity index (χ1n) is 2.70. The van der Waals surface area contributed by atoms with Crippen LogP contribution in [0, 0.1) is 0 Å². The number of hydrogen-bond donors (Lipinski definition) is 1. The lowest BCUT2D eigenvalue weighted by Crippen LogP contribution is -2.01. The molecule has 0 bridgehead atoms. The van der Waals surface area contributed by atoms with E-state index in [1.54, 1.807) is 6.08 Å². The maximum atomic E-state index is 5.68. The Balaban J connectivity index is 2.83. The summed E-state index contributed by atoms with van der Waals surface area (Å²) in [5.74, 6) is 0. The molecule has 9 heavy (non-hydrogen) atoms. The van der Waals surface area contributed by atoms with Crippen LogP contribution in [0.2, 0.25) is 0 Å². The summed E-state index contributed by atoms with van der Waals surface area (Å²) in [7, 11) is 0. The second-order valence-corrected chi connectivity index (χ2v) is 2.84. The van der Waals surface area contributed by atoms with Gasteiger partial charge in [0.25, 0.3) is 0 Å². The summed E-state index contributed by atoms with van der Waals surface area (Å²) in [6.45, 7) is 0. The van der Waals surface area contributed by atoms with Gasteiger partial charge in [0, 0.05) is 10.7 Å². The summed E-state index contributed by atoms with van der Waals surface area (Å²) < 4.78 is 0. The zero-order chi connectivity index (χ0) is 6.85. The van der Waals surface area contributed by atoms with Crippen molar-refractivity contribution in [3.05, 3.63) is 21.8 Å². The number of hydrogen-bond acceptors (Lipinski definition) is 1. The van der Waals surface area contributed by atoms with Gasteiger partial charge in [-0.15, -0.1) is 0 Å². The van der Waals surface area contributed by atoms with Crippen LogP contribution in [0.1, 0.15) is 12.8 Å². The van der Waals surface area contributed by atoms with Crippen LogP contribution in [0.25, 0.3) is 0 Å². The van der Waals surface area contributed by atoms with E-state index in [9.17, 15) is 0 Å². The van der Waals surface area contributed by atoms with E-state index in [1.807, 2.05) is 0 Å². The molecule has 0 aromatic rings. The topological polar surface area (TPSA) is 26.0 Å². The van der Waals surface area contributed by atoms with Crippen molar-refractivity contribution >= 4 is 23.2 Å². The van der Waals surface area contributed by atoms with Crippen LogP contribution >= 0.6 is 23.2 Å². The van der Waals surface area contributed by atoms with Crippen molar-refractivity contribution in [1.29, 1.82) is 0 Å². The predicted molar refractivity (Wildman–Crippen MR) is 40.2 cm³/mol. The lowest BCUT2D eigenvalue weighted by Gasteiger charge is -2.07. The minimum Gasteiger partial charge on any atom is -0.402 e. The standard InChI is InChI=1S/C6H7Cl2N/c7-5-2-1-4(9)3-6(5)8/h3H,1-2,9H2. The Hall–Kier alpha value is -0.140. The molecule has 0 heterocycles. The van der Waals surface area contributed by atoms with E-state index in [0.29, 0.717) is 10.1 Å². The SMILES string of the molecule is NC1=CC(Cl)=C(Cl)CC1. The van der Waals surface area contributed by atoms with Crippen molar-refractivity contribution in [2.45, 2.75) is 12.8 Å². The number of allylic oxidation sites excluding steroid dienone is 4. The van der Waals surface area contributed by atoms with Gasteiger partial charge in [0.05, 0.1) is 5.03 Å². The molecule has 2 N–H and O–H groups in total. The minimum atomic E-state index is 0.584. The fourth-order valence-corrected chi connectivity index (χ4v) is 1.07. The molecule has 1 rings (SSSR count). The first-order chi connectivity index (χ1) is 4.20. The summed E-state index contributed by atoms with van der Waals surface area (Å²) in [6, 6.07) is 0. The molecule has 1 aliphatic carbocycles. The van der Waals surface area contributed by atoms with E-state index < -0.39 is 0 Å². The van der Waals surface area contributed by atoms with E-state index >= 15 is 0 Å². The van der Waals surface area contributed by atoms with Crippen molar-refractivity contribution < 1.29 is 0 Å². The van der Waals surface area contributed by atoms with Crippen LogP contribution in [0.15, 0.2) is 21.8 Å². The predicted octanol–water partition coefficient (Wildman–Crippen LogP) is 2.31. The summed E-state index contributed by atoms with van der Waals surface area (Å²) in [6.07, 6.45) is 3.31. The maximum absolute atomic E-state index is 5.68. The van der Waals surface area contributed by atoms with Crippen LogP contribution in [0.3, 0.4) is 0 Å². The summed E-state index contributed by atoms with van der Waals surface area (Å²) in [5.41, 5.74) is 6.28. The molecular formula is C6H7Cl2N. The van der Waals surface area contributed by atoms with Crippen LogP contribution in [0.4, 0.5) is 0 Å². The van der Waals surface area contributed by atoms with E-state index in [4.69, 9.17) is 28.9 Å². The van der Waals surface area contributed by atoms with Crippen LogP contribution in [-0.4, -0.2) is 0 Å². The molecule has 0 aliphatic heterocycles. The fourth-order valence-electron chi connectivity index (χ4n) is 0.687. The van der Waals surface area contributed by atoms with Gasteiger partial charge in [-0.05, 0) is 18.9 Å². The molecule has 0 fully saturated rings. The second kappa shape index (κ2) is 2.63. The van der Waals surface area contributed by atoms with E-state index in [-0.39, 0.29) is 0 Å². The van der Waals surface area contributed by atoms with E-state index in [0.717, 1.165) is 18.5 Å². The van der Waals surface area contributed by atoms with Crippen molar-refractivity contribution in [2.24, 2.45) is 5.73 Å². The highest BCUT2D eigenvalue weighted by Gasteiger charge is 2.06. The van der Waals surface area contributed by atoms with E-state index in [2.05, 4.69) is 0 Å². The number of rotatable bonds is 0. The van der Waals surface area contributed by atoms with Crippen molar-refractivity contribution in [1.82, 2.24) is 0 Å². The zero-order valence-electron chi connectivity index (χ0n) is 4.82. The Bertz CT molecular complexity index is 181. The number of nitrogens with two attached hydrogens (primary N) is 1. The lowest BCUT2D eigenvalue weighted by molar-refractivity contribution is 0.926. The molecule has 50 valence electrons. The van der Waals surface area contributed by atoms with Crippen molar-refractivity contribution in [3.63, 3.8) is 0 Å². The molecule has 3 heteroatoms. The third kappa shape index (κ3) is 1.63. The summed E-state index contributed by atoms with van der Waals surface area (Å²) >= 11 is 11.3. The smallest absolute Gasteiger partial charge is 0.0568 e. The molecule has 1 nitrogen and oxygen atoms in total. The molecule has 0 atom stereocenters. The zero-order valence-corrected chi connectivity index (χ0v) is 6.34.